The van der Waals surface area contributed by atoms with Gasteiger partial charge in [0.1, 0.15) is 12.1 Å². The first kappa shape index (κ1) is 59.7. The molecule has 6 aromatic heterocycles. The van der Waals surface area contributed by atoms with E-state index in [1.54, 1.807) is 18.6 Å². The Kier molecular flexibility index (Phi) is 15.7. The Labute approximate surface area is 510 Å². The Balaban J connectivity index is 0.000000179. The molecule has 2 saturated carbocycles. The maximum absolute atomic E-state index is 14.0. The van der Waals surface area contributed by atoms with Gasteiger partial charge in [-0.15, -0.1) is 10.2 Å². The van der Waals surface area contributed by atoms with Crippen molar-refractivity contribution in [2.24, 2.45) is 10.8 Å². The minimum atomic E-state index is -4.43. The van der Waals surface area contributed by atoms with Crippen molar-refractivity contribution in [3.63, 3.8) is 0 Å². The number of anilines is 2. The highest BCUT2D eigenvalue weighted by Gasteiger charge is 2.67. The normalized spacial score (nSPS) is 15.4. The Morgan fingerprint density at radius 3 is 1.43 bits per heavy atom. The Bertz CT molecular complexity index is 4030. The molecular formula is C64H58ClF6IN14. The lowest BCUT2D eigenvalue weighted by Gasteiger charge is -2.22. The lowest BCUT2D eigenvalue weighted by atomic mass is 9.86. The minimum absolute atomic E-state index is 0.0103. The fraction of sp³-hybridized carbons (Fsp3) is 0.344. The molecule has 2 aliphatic rings. The summed E-state index contributed by atoms with van der Waals surface area (Å²) >= 11 is 9.02. The number of alkyl halides is 6. The molecule has 2 atom stereocenters. The van der Waals surface area contributed by atoms with Crippen molar-refractivity contribution in [1.29, 1.82) is 10.5 Å². The lowest BCUT2D eigenvalue weighted by molar-refractivity contribution is -0.183. The van der Waals surface area contributed by atoms with E-state index in [1.807, 2.05) is 84.9 Å². The molecule has 0 unspecified atom stereocenters. The summed E-state index contributed by atoms with van der Waals surface area (Å²) < 4.78 is 86.6. The van der Waals surface area contributed by atoms with E-state index in [9.17, 15) is 36.9 Å². The van der Waals surface area contributed by atoms with Crippen molar-refractivity contribution in [2.45, 2.75) is 115 Å². The first-order valence-electron chi connectivity index (χ1n) is 28.0. The van der Waals surface area contributed by atoms with E-state index in [4.69, 9.17) is 11.6 Å². The van der Waals surface area contributed by atoms with Crippen LogP contribution in [0, 0.1) is 37.1 Å². The summed E-state index contributed by atoms with van der Waals surface area (Å²) in [7, 11) is 0. The maximum atomic E-state index is 14.0. The molecule has 10 aromatic rings. The lowest BCUT2D eigenvalue weighted by Crippen LogP contribution is -2.35. The van der Waals surface area contributed by atoms with E-state index < -0.39 is 35.3 Å². The van der Waals surface area contributed by atoms with E-state index >= 15 is 0 Å². The van der Waals surface area contributed by atoms with Crippen LogP contribution < -0.4 is 10.6 Å². The Morgan fingerprint density at radius 2 is 1.01 bits per heavy atom. The molecule has 2 N–H and O–H groups in total. The number of rotatable bonds is 14. The molecule has 0 saturated heterocycles. The molecule has 0 bridgehead atoms. The molecule has 2 aliphatic carbocycles. The van der Waals surface area contributed by atoms with Crippen LogP contribution in [0.15, 0.2) is 122 Å². The molecule has 0 aliphatic heterocycles. The molecule has 12 rings (SSSR count). The van der Waals surface area contributed by atoms with Crippen LogP contribution in [0.5, 0.6) is 0 Å². The van der Waals surface area contributed by atoms with E-state index in [-0.39, 0.29) is 36.5 Å². The molecule has 2 fully saturated rings. The first-order chi connectivity index (χ1) is 40.8. The second-order valence-electron chi connectivity index (χ2n) is 24.7. The number of benzene rings is 4. The minimum Gasteiger partial charge on any atom is -0.383 e. The van der Waals surface area contributed by atoms with E-state index in [2.05, 4.69) is 127 Å². The summed E-state index contributed by atoms with van der Waals surface area (Å²) in [5.41, 5.74) is 5.38. The van der Waals surface area contributed by atoms with Gasteiger partial charge in [0.2, 0.25) is 0 Å². The fourth-order valence-corrected chi connectivity index (χ4v) is 12.1. The number of hydrogen-bond donors (Lipinski definition) is 2. The smallest absolute Gasteiger partial charge is 0.383 e. The average molecular weight is 1300 g/mol. The van der Waals surface area contributed by atoms with Crippen molar-refractivity contribution in [2.75, 3.05) is 23.7 Å². The second kappa shape index (κ2) is 22.7. The van der Waals surface area contributed by atoms with E-state index in [0.29, 0.717) is 70.1 Å². The van der Waals surface area contributed by atoms with Crippen LogP contribution in [0.4, 0.5) is 37.7 Å². The van der Waals surface area contributed by atoms with Gasteiger partial charge in [-0.3, -0.25) is 19.9 Å². The second-order valence-corrected chi connectivity index (χ2v) is 26.2. The summed E-state index contributed by atoms with van der Waals surface area (Å²) in [6.07, 6.45) is 1.29. The Hall–Kier alpha value is -8.02. The molecule has 86 heavy (non-hydrogen) atoms. The number of nitrogens with zero attached hydrogens (tertiary/aromatic N) is 12. The van der Waals surface area contributed by atoms with Gasteiger partial charge < -0.3 is 10.6 Å². The van der Waals surface area contributed by atoms with Gasteiger partial charge in [0.15, 0.2) is 11.1 Å². The number of nitriles is 2. The zero-order chi connectivity index (χ0) is 61.1. The van der Waals surface area contributed by atoms with Gasteiger partial charge in [0, 0.05) is 74.8 Å². The molecule has 14 nitrogen and oxygen atoms in total. The molecule has 22 heteroatoms. The highest BCUT2D eigenvalue weighted by atomic mass is 127. The van der Waals surface area contributed by atoms with Crippen molar-refractivity contribution >= 4 is 89.2 Å². The Morgan fingerprint density at radius 1 is 0.581 bits per heavy atom. The number of aromatic nitrogens is 10. The molecule has 4 aromatic carbocycles. The topological polar surface area (TPSA) is 185 Å². The summed E-state index contributed by atoms with van der Waals surface area (Å²) in [6, 6.07) is 31.4. The van der Waals surface area contributed by atoms with Gasteiger partial charge in [-0.25, -0.2) is 9.36 Å². The highest BCUT2D eigenvalue weighted by Crippen LogP contribution is 2.56. The van der Waals surface area contributed by atoms with Gasteiger partial charge in [-0.2, -0.15) is 36.9 Å². The van der Waals surface area contributed by atoms with Crippen LogP contribution in [-0.2, 0) is 23.9 Å². The summed E-state index contributed by atoms with van der Waals surface area (Å²) in [5.74, 6) is -0.866. The number of nitrogens with one attached hydrogen (secondary N) is 2. The standard InChI is InChI=1S/C32H29ClF3N7.C32H29F3IN7/c1-30(2,3)18-40-28-20(15-37)16-39-29-24(28)13-19(14-25(29)33)12-23(21-6-4-8-26-22(21)7-5-11-38-26)27-17-43(42-41-27)31(9-10-31)32(34,35)36;1-30(2,3)18-40-28-20(15-37)16-39-29-24(28)13-19(14-25(29)36)12-23(21-6-4-8-26-22(21)7-5-11-38-26)27-17-43(42-41-27)31(9-10-31)32(33,34)35/h2*4-8,11,13-14,16-17,23H,9-10,12,18H2,1-3H3,(H,39,40)/t2*23-/m00/s1. The third kappa shape index (κ3) is 11.8. The van der Waals surface area contributed by atoms with Crippen LogP contribution in [-0.4, -0.2) is 75.4 Å². The molecule has 0 radical (unpaired) electrons. The number of hydrogen-bond acceptors (Lipinski definition) is 12. The molecule has 440 valence electrons. The van der Waals surface area contributed by atoms with Crippen LogP contribution in [0.2, 0.25) is 5.02 Å². The van der Waals surface area contributed by atoms with Crippen LogP contribution in [0.3, 0.4) is 0 Å². The molecule has 0 spiro atoms. The predicted octanol–water partition coefficient (Wildman–Crippen LogP) is 15.5. The van der Waals surface area contributed by atoms with E-state index in [0.717, 1.165) is 73.6 Å². The average Bonchev–Trinajstić information content (AvgIpc) is 1.82. The van der Waals surface area contributed by atoms with Crippen LogP contribution >= 0.6 is 34.2 Å². The number of fused-ring (bicyclic) bond motifs is 4. The van der Waals surface area contributed by atoms with Gasteiger partial charge in [-0.1, -0.05) is 100.0 Å². The number of halogens is 8. The summed E-state index contributed by atoms with van der Waals surface area (Å²) in [4.78, 5) is 18.0. The highest BCUT2D eigenvalue weighted by molar-refractivity contribution is 14.1. The van der Waals surface area contributed by atoms with Gasteiger partial charge in [-0.05, 0) is 143 Å². The molecule has 6 heterocycles. The summed E-state index contributed by atoms with van der Waals surface area (Å²) in [5, 5.41) is 46.9. The quantitative estimate of drug-likeness (QED) is 0.0777. The van der Waals surface area contributed by atoms with Crippen LogP contribution in [0.1, 0.15) is 124 Å². The maximum Gasteiger partial charge on any atom is 0.413 e. The molecule has 0 amide bonds. The van der Waals surface area contributed by atoms with Gasteiger partial charge >= 0.3 is 12.4 Å². The fourth-order valence-electron chi connectivity index (χ4n) is 11.0. The van der Waals surface area contributed by atoms with Crippen molar-refractivity contribution in [1.82, 2.24) is 49.9 Å². The van der Waals surface area contributed by atoms with Crippen molar-refractivity contribution in [3.05, 3.63) is 175 Å². The monoisotopic (exact) mass is 1300 g/mol. The van der Waals surface area contributed by atoms with Crippen LogP contribution in [0.25, 0.3) is 43.6 Å². The van der Waals surface area contributed by atoms with Gasteiger partial charge in [0.25, 0.3) is 0 Å². The zero-order valence-corrected chi connectivity index (χ0v) is 50.7. The SMILES string of the molecule is CC(C)(C)CNc1c(C#N)cnc2c(Cl)cc(C[C@H](c3cn(C4(C(F)(F)F)CC4)nn3)c3cccc4ncccc34)cc12.CC(C)(C)CNc1c(C#N)cnc2c(I)cc(C[C@H](c3cn(C4(C(F)(F)F)CC4)nn3)c3cccc4ncccc34)cc12. The van der Waals surface area contributed by atoms with E-state index in [1.165, 1.54) is 18.6 Å². The van der Waals surface area contributed by atoms with Gasteiger partial charge in [0.05, 0.1) is 73.4 Å². The third-order valence-corrected chi connectivity index (χ3v) is 17.0. The van der Waals surface area contributed by atoms with Crippen molar-refractivity contribution < 1.29 is 26.3 Å². The third-order valence-electron chi connectivity index (χ3n) is 15.9. The van der Waals surface area contributed by atoms with Crippen molar-refractivity contribution in [3.8, 4) is 12.1 Å². The largest absolute Gasteiger partial charge is 0.413 e. The predicted molar refractivity (Wildman–Crippen MR) is 328 cm³/mol. The number of pyridine rings is 4. The molecular weight excluding hydrogens is 1240 g/mol. The zero-order valence-electron chi connectivity index (χ0n) is 47.7. The summed E-state index contributed by atoms with van der Waals surface area (Å²) in [6.45, 7) is 13.9. The first-order valence-corrected chi connectivity index (χ1v) is 29.4.